The van der Waals surface area contributed by atoms with Gasteiger partial charge in [-0.1, -0.05) is 13.0 Å². The first-order chi connectivity index (χ1) is 11.0. The van der Waals surface area contributed by atoms with E-state index in [1.807, 2.05) is 13.8 Å². The number of nitrogens with two attached hydrogens (primary N) is 1. The van der Waals surface area contributed by atoms with Gasteiger partial charge >= 0.3 is 0 Å². The molecule has 4 N–H and O–H groups in total. The third-order valence-electron chi connectivity index (χ3n) is 3.51. The summed E-state index contributed by atoms with van der Waals surface area (Å²) in [4.78, 5) is 24.2. The number of furan rings is 1. The highest BCUT2D eigenvalue weighted by molar-refractivity contribution is 6.03. The van der Waals surface area contributed by atoms with Crippen LogP contribution < -0.4 is 16.4 Å². The monoisotopic (exact) mass is 351 g/mol. The maximum absolute atomic E-state index is 12.2. The molecule has 0 fully saturated rings. The predicted octanol–water partition coefficient (Wildman–Crippen LogP) is 2.59. The summed E-state index contributed by atoms with van der Waals surface area (Å²) in [5, 5.41) is 5.58. The molecule has 0 radical (unpaired) electrons. The number of nitrogens with one attached hydrogen (secondary N) is 2. The van der Waals surface area contributed by atoms with Crippen molar-refractivity contribution in [2.24, 2.45) is 11.7 Å². The SMILES string of the molecule is Cc1ccc(C(=O)NCC(C)CN)cc1NC(=O)c1ccco1.Cl. The van der Waals surface area contributed by atoms with Gasteiger partial charge in [0, 0.05) is 17.8 Å². The average molecular weight is 352 g/mol. The molecule has 24 heavy (non-hydrogen) atoms. The molecule has 0 aliphatic heterocycles. The van der Waals surface area contributed by atoms with E-state index in [1.165, 1.54) is 6.26 Å². The van der Waals surface area contributed by atoms with E-state index in [4.69, 9.17) is 10.2 Å². The van der Waals surface area contributed by atoms with E-state index in [1.54, 1.807) is 30.3 Å². The summed E-state index contributed by atoms with van der Waals surface area (Å²) in [5.41, 5.74) is 7.45. The van der Waals surface area contributed by atoms with Crippen molar-refractivity contribution < 1.29 is 14.0 Å². The van der Waals surface area contributed by atoms with Gasteiger partial charge in [0.25, 0.3) is 11.8 Å². The highest BCUT2D eigenvalue weighted by atomic mass is 35.5. The second kappa shape index (κ2) is 9.10. The number of hydrogen-bond acceptors (Lipinski definition) is 4. The molecule has 1 atom stereocenters. The minimum Gasteiger partial charge on any atom is -0.459 e. The quantitative estimate of drug-likeness (QED) is 0.745. The van der Waals surface area contributed by atoms with Crippen molar-refractivity contribution in [1.82, 2.24) is 5.32 Å². The Morgan fingerprint density at radius 3 is 2.62 bits per heavy atom. The number of benzene rings is 1. The number of anilines is 1. The molecule has 2 aromatic rings. The third-order valence-corrected chi connectivity index (χ3v) is 3.51. The van der Waals surface area contributed by atoms with Crippen LogP contribution in [0, 0.1) is 12.8 Å². The topological polar surface area (TPSA) is 97.4 Å². The molecule has 0 aliphatic rings. The molecule has 1 unspecified atom stereocenters. The molecule has 0 spiro atoms. The standard InChI is InChI=1S/C17H21N3O3.ClH/c1-11(9-18)10-19-16(21)13-6-5-12(2)14(8-13)20-17(22)15-4-3-7-23-15;/h3-8,11H,9-10,18H2,1-2H3,(H,19,21)(H,20,22);1H. The second-order valence-electron chi connectivity index (χ2n) is 5.51. The van der Waals surface area contributed by atoms with Crippen LogP contribution >= 0.6 is 12.4 Å². The molecule has 0 saturated carbocycles. The Hall–Kier alpha value is -2.31. The van der Waals surface area contributed by atoms with Gasteiger partial charge in [0.1, 0.15) is 0 Å². The van der Waals surface area contributed by atoms with Crippen molar-refractivity contribution in [3.05, 3.63) is 53.5 Å². The van der Waals surface area contributed by atoms with E-state index in [9.17, 15) is 9.59 Å². The first-order valence-electron chi connectivity index (χ1n) is 7.45. The van der Waals surface area contributed by atoms with Crippen molar-refractivity contribution in [1.29, 1.82) is 0 Å². The van der Waals surface area contributed by atoms with Crippen LogP contribution in [0.2, 0.25) is 0 Å². The lowest BCUT2D eigenvalue weighted by molar-refractivity contribution is 0.0946. The number of amides is 2. The van der Waals surface area contributed by atoms with Crippen molar-refractivity contribution in [3.8, 4) is 0 Å². The molecule has 1 aromatic carbocycles. The maximum atomic E-state index is 12.2. The smallest absolute Gasteiger partial charge is 0.291 e. The molecule has 2 amide bonds. The molecule has 1 aromatic heterocycles. The van der Waals surface area contributed by atoms with Crippen LogP contribution in [0.3, 0.4) is 0 Å². The third kappa shape index (κ3) is 5.11. The fourth-order valence-electron chi connectivity index (χ4n) is 1.94. The van der Waals surface area contributed by atoms with E-state index in [2.05, 4.69) is 10.6 Å². The van der Waals surface area contributed by atoms with E-state index < -0.39 is 0 Å². The lowest BCUT2D eigenvalue weighted by Crippen LogP contribution is -2.31. The van der Waals surface area contributed by atoms with Crippen molar-refractivity contribution in [2.45, 2.75) is 13.8 Å². The van der Waals surface area contributed by atoms with Gasteiger partial charge in [-0.2, -0.15) is 0 Å². The van der Waals surface area contributed by atoms with Crippen LogP contribution in [-0.4, -0.2) is 24.9 Å². The van der Waals surface area contributed by atoms with Crippen LogP contribution in [0.1, 0.15) is 33.4 Å². The fraction of sp³-hybridized carbons (Fsp3) is 0.294. The van der Waals surface area contributed by atoms with Gasteiger partial charge < -0.3 is 20.8 Å². The normalized spacial score (nSPS) is 11.3. The van der Waals surface area contributed by atoms with E-state index >= 15 is 0 Å². The molecule has 0 aliphatic carbocycles. The Bertz CT molecular complexity index is 686. The Labute approximate surface area is 147 Å². The summed E-state index contributed by atoms with van der Waals surface area (Å²) in [6.45, 7) is 4.84. The van der Waals surface area contributed by atoms with Crippen LogP contribution in [-0.2, 0) is 0 Å². The van der Waals surface area contributed by atoms with Crippen LogP contribution in [0.25, 0.3) is 0 Å². The summed E-state index contributed by atoms with van der Waals surface area (Å²) in [6, 6.07) is 8.39. The van der Waals surface area contributed by atoms with Gasteiger partial charge in [-0.3, -0.25) is 9.59 Å². The lowest BCUT2D eigenvalue weighted by Gasteiger charge is -2.12. The van der Waals surface area contributed by atoms with Crippen LogP contribution in [0.4, 0.5) is 5.69 Å². The van der Waals surface area contributed by atoms with E-state index in [0.29, 0.717) is 24.3 Å². The molecule has 6 nitrogen and oxygen atoms in total. The number of carbonyl (C=O) groups is 2. The first-order valence-corrected chi connectivity index (χ1v) is 7.45. The Morgan fingerprint density at radius 2 is 2.00 bits per heavy atom. The molecule has 0 bridgehead atoms. The number of hydrogen-bond donors (Lipinski definition) is 3. The van der Waals surface area contributed by atoms with Gasteiger partial charge in [0.15, 0.2) is 5.76 Å². The van der Waals surface area contributed by atoms with E-state index in [0.717, 1.165) is 5.56 Å². The van der Waals surface area contributed by atoms with Crippen molar-refractivity contribution in [3.63, 3.8) is 0 Å². The van der Waals surface area contributed by atoms with Gasteiger partial charge in [-0.25, -0.2) is 0 Å². The summed E-state index contributed by atoms with van der Waals surface area (Å²) < 4.78 is 5.06. The van der Waals surface area contributed by atoms with E-state index in [-0.39, 0.29) is 35.9 Å². The molecule has 2 rings (SSSR count). The Balaban J connectivity index is 0.00000288. The molecular weight excluding hydrogens is 330 g/mol. The number of rotatable bonds is 6. The maximum Gasteiger partial charge on any atom is 0.291 e. The zero-order chi connectivity index (χ0) is 16.8. The number of aryl methyl sites for hydroxylation is 1. The molecular formula is C17H22ClN3O3. The van der Waals surface area contributed by atoms with Crippen molar-refractivity contribution >= 4 is 29.9 Å². The van der Waals surface area contributed by atoms with Crippen molar-refractivity contribution in [2.75, 3.05) is 18.4 Å². The highest BCUT2D eigenvalue weighted by Crippen LogP contribution is 2.18. The van der Waals surface area contributed by atoms with Crippen LogP contribution in [0.15, 0.2) is 41.0 Å². The second-order valence-corrected chi connectivity index (χ2v) is 5.51. The van der Waals surface area contributed by atoms with Gasteiger partial charge in [0.05, 0.1) is 6.26 Å². The fourth-order valence-corrected chi connectivity index (χ4v) is 1.94. The Morgan fingerprint density at radius 1 is 1.25 bits per heavy atom. The van der Waals surface area contributed by atoms with Gasteiger partial charge in [-0.15, -0.1) is 12.4 Å². The minimum atomic E-state index is -0.354. The zero-order valence-electron chi connectivity index (χ0n) is 13.7. The predicted molar refractivity (Wildman–Crippen MR) is 95.6 cm³/mol. The van der Waals surface area contributed by atoms with Gasteiger partial charge in [-0.05, 0) is 49.2 Å². The van der Waals surface area contributed by atoms with Gasteiger partial charge in [0.2, 0.25) is 0 Å². The average Bonchev–Trinajstić information content (AvgIpc) is 3.08. The minimum absolute atomic E-state index is 0. The summed E-state index contributed by atoms with van der Waals surface area (Å²) in [5.74, 6) is -0.121. The Kier molecular flexibility index (Phi) is 7.48. The molecule has 130 valence electrons. The summed E-state index contributed by atoms with van der Waals surface area (Å²) >= 11 is 0. The van der Waals surface area contributed by atoms with Crippen LogP contribution in [0.5, 0.6) is 0 Å². The highest BCUT2D eigenvalue weighted by Gasteiger charge is 2.13. The molecule has 1 heterocycles. The number of carbonyl (C=O) groups excluding carboxylic acids is 2. The summed E-state index contributed by atoms with van der Waals surface area (Å²) in [6.07, 6.45) is 1.43. The summed E-state index contributed by atoms with van der Waals surface area (Å²) in [7, 11) is 0. The first kappa shape index (κ1) is 19.7. The molecule has 0 saturated heterocycles. The zero-order valence-corrected chi connectivity index (χ0v) is 14.5. The lowest BCUT2D eigenvalue weighted by atomic mass is 10.1. The molecule has 7 heteroatoms. The largest absolute Gasteiger partial charge is 0.459 e. The number of halogens is 1.